The number of aromatic nitrogens is 1. The SMILES string of the molecule is O=C(NC[C@H](c1ccco1)N1CCCCC1)c1cnc(-c2ccccc2)s1. The number of nitrogens with one attached hydrogen (secondary N) is 1. The van der Waals surface area contributed by atoms with Crippen molar-refractivity contribution in [1.82, 2.24) is 15.2 Å². The zero-order chi connectivity index (χ0) is 18.5. The number of hydrogen-bond acceptors (Lipinski definition) is 5. The molecule has 4 rings (SSSR count). The minimum absolute atomic E-state index is 0.0748. The predicted molar refractivity (Wildman–Crippen MR) is 107 cm³/mol. The van der Waals surface area contributed by atoms with E-state index in [0.29, 0.717) is 11.4 Å². The summed E-state index contributed by atoms with van der Waals surface area (Å²) in [4.78, 5) is 20.1. The van der Waals surface area contributed by atoms with Crippen molar-refractivity contribution in [2.24, 2.45) is 0 Å². The molecule has 3 heterocycles. The van der Waals surface area contributed by atoms with E-state index in [-0.39, 0.29) is 11.9 Å². The molecule has 0 bridgehead atoms. The van der Waals surface area contributed by atoms with Gasteiger partial charge in [0, 0.05) is 12.1 Å². The van der Waals surface area contributed by atoms with E-state index in [1.165, 1.54) is 30.6 Å². The molecule has 2 aromatic heterocycles. The smallest absolute Gasteiger partial charge is 0.263 e. The molecule has 0 unspecified atom stereocenters. The first-order valence-electron chi connectivity index (χ1n) is 9.38. The molecule has 1 atom stereocenters. The van der Waals surface area contributed by atoms with Crippen LogP contribution >= 0.6 is 11.3 Å². The third-order valence-corrected chi connectivity index (χ3v) is 5.95. The van der Waals surface area contributed by atoms with Gasteiger partial charge in [-0.05, 0) is 38.1 Å². The monoisotopic (exact) mass is 381 g/mol. The lowest BCUT2D eigenvalue weighted by Crippen LogP contribution is -2.40. The summed E-state index contributed by atoms with van der Waals surface area (Å²) >= 11 is 1.42. The van der Waals surface area contributed by atoms with E-state index < -0.39 is 0 Å². The van der Waals surface area contributed by atoms with Gasteiger partial charge in [0.25, 0.3) is 5.91 Å². The Bertz CT molecular complexity index is 855. The van der Waals surface area contributed by atoms with E-state index >= 15 is 0 Å². The largest absolute Gasteiger partial charge is 0.468 e. The summed E-state index contributed by atoms with van der Waals surface area (Å²) in [6.45, 7) is 2.62. The zero-order valence-corrected chi connectivity index (χ0v) is 16.0. The van der Waals surface area contributed by atoms with Crippen molar-refractivity contribution in [3.8, 4) is 10.6 Å². The van der Waals surface area contributed by atoms with Crippen molar-refractivity contribution in [3.63, 3.8) is 0 Å². The van der Waals surface area contributed by atoms with Gasteiger partial charge in [-0.3, -0.25) is 9.69 Å². The number of rotatable bonds is 6. The van der Waals surface area contributed by atoms with Crippen molar-refractivity contribution >= 4 is 17.2 Å². The Morgan fingerprint density at radius 1 is 1.15 bits per heavy atom. The zero-order valence-electron chi connectivity index (χ0n) is 15.1. The third-order valence-electron chi connectivity index (χ3n) is 4.91. The highest BCUT2D eigenvalue weighted by Gasteiger charge is 2.25. The van der Waals surface area contributed by atoms with Crippen molar-refractivity contribution in [2.75, 3.05) is 19.6 Å². The minimum Gasteiger partial charge on any atom is -0.468 e. The molecular formula is C21H23N3O2S. The number of amides is 1. The van der Waals surface area contributed by atoms with E-state index in [4.69, 9.17) is 4.42 Å². The Balaban J connectivity index is 1.43. The highest BCUT2D eigenvalue weighted by atomic mass is 32.1. The summed E-state index contributed by atoms with van der Waals surface area (Å²) in [6, 6.07) is 13.9. The summed E-state index contributed by atoms with van der Waals surface area (Å²) in [5.74, 6) is 0.828. The summed E-state index contributed by atoms with van der Waals surface area (Å²) in [6.07, 6.45) is 7.02. The third kappa shape index (κ3) is 4.28. The molecular weight excluding hydrogens is 358 g/mol. The second kappa shape index (κ2) is 8.50. The van der Waals surface area contributed by atoms with Crippen LogP contribution in [0.25, 0.3) is 10.6 Å². The van der Waals surface area contributed by atoms with Crippen LogP contribution in [0.1, 0.15) is 40.7 Å². The number of hydrogen-bond donors (Lipinski definition) is 1. The Kier molecular flexibility index (Phi) is 5.65. The molecule has 1 fully saturated rings. The van der Waals surface area contributed by atoms with Gasteiger partial charge in [0.05, 0.1) is 18.5 Å². The standard InChI is InChI=1S/C21H23N3O2S/c25-20(19-15-23-21(27-19)16-8-3-1-4-9-16)22-14-17(18-10-7-13-26-18)24-11-5-2-6-12-24/h1,3-4,7-10,13,15,17H,2,5-6,11-12,14H2,(H,22,25)/t17-/m1/s1. The number of benzene rings is 1. The molecule has 0 spiro atoms. The highest BCUT2D eigenvalue weighted by molar-refractivity contribution is 7.16. The number of carbonyl (C=O) groups excluding carboxylic acids is 1. The van der Waals surface area contributed by atoms with Crippen LogP contribution in [0.4, 0.5) is 0 Å². The van der Waals surface area contributed by atoms with E-state index in [2.05, 4.69) is 15.2 Å². The fourth-order valence-corrected chi connectivity index (χ4v) is 4.33. The maximum absolute atomic E-state index is 12.7. The highest BCUT2D eigenvalue weighted by Crippen LogP contribution is 2.26. The van der Waals surface area contributed by atoms with E-state index in [1.54, 1.807) is 12.5 Å². The first-order chi connectivity index (χ1) is 13.3. The van der Waals surface area contributed by atoms with Gasteiger partial charge in [-0.25, -0.2) is 4.98 Å². The van der Waals surface area contributed by atoms with Crippen LogP contribution in [-0.2, 0) is 0 Å². The molecule has 1 aromatic carbocycles. The van der Waals surface area contributed by atoms with Crippen LogP contribution in [0.5, 0.6) is 0 Å². The lowest BCUT2D eigenvalue weighted by atomic mass is 10.1. The second-order valence-corrected chi connectivity index (χ2v) is 7.76. The quantitative estimate of drug-likeness (QED) is 0.689. The molecule has 6 heteroatoms. The van der Waals surface area contributed by atoms with Crippen LogP contribution in [0.2, 0.25) is 0 Å². The molecule has 1 saturated heterocycles. The van der Waals surface area contributed by atoms with Crippen LogP contribution in [0.15, 0.2) is 59.3 Å². The molecule has 5 nitrogen and oxygen atoms in total. The maximum atomic E-state index is 12.7. The van der Waals surface area contributed by atoms with Gasteiger partial charge in [0.1, 0.15) is 15.6 Å². The molecule has 0 radical (unpaired) electrons. The van der Waals surface area contributed by atoms with Crippen LogP contribution in [-0.4, -0.2) is 35.4 Å². The average molecular weight is 382 g/mol. The minimum atomic E-state index is -0.0803. The first-order valence-corrected chi connectivity index (χ1v) is 10.2. The van der Waals surface area contributed by atoms with Gasteiger partial charge in [0.15, 0.2) is 0 Å². The van der Waals surface area contributed by atoms with Crippen molar-refractivity contribution < 1.29 is 9.21 Å². The van der Waals surface area contributed by atoms with E-state index in [9.17, 15) is 4.79 Å². The fraction of sp³-hybridized carbons (Fsp3) is 0.333. The lowest BCUT2D eigenvalue weighted by molar-refractivity contribution is 0.0918. The van der Waals surface area contributed by atoms with Crippen molar-refractivity contribution in [2.45, 2.75) is 25.3 Å². The number of thiazole rings is 1. The number of piperidine rings is 1. The van der Waals surface area contributed by atoms with Crippen LogP contribution in [0.3, 0.4) is 0 Å². The molecule has 0 aliphatic carbocycles. The van der Waals surface area contributed by atoms with Crippen LogP contribution < -0.4 is 5.32 Å². The maximum Gasteiger partial charge on any atom is 0.263 e. The number of nitrogens with zero attached hydrogens (tertiary/aromatic N) is 2. The second-order valence-electron chi connectivity index (χ2n) is 6.73. The van der Waals surface area contributed by atoms with Gasteiger partial charge >= 0.3 is 0 Å². The Morgan fingerprint density at radius 2 is 1.96 bits per heavy atom. The molecule has 1 amide bonds. The normalized spacial score (nSPS) is 16.1. The molecule has 3 aromatic rings. The van der Waals surface area contributed by atoms with Crippen molar-refractivity contribution in [1.29, 1.82) is 0 Å². The van der Waals surface area contributed by atoms with Crippen molar-refractivity contribution in [3.05, 3.63) is 65.6 Å². The van der Waals surface area contributed by atoms with Gasteiger partial charge in [-0.1, -0.05) is 36.8 Å². The van der Waals surface area contributed by atoms with Crippen LogP contribution in [0, 0.1) is 0 Å². The molecule has 1 N–H and O–H groups in total. The van der Waals surface area contributed by atoms with Gasteiger partial charge < -0.3 is 9.73 Å². The molecule has 0 saturated carbocycles. The average Bonchev–Trinajstić information content (AvgIpc) is 3.42. The Hall–Kier alpha value is -2.44. The molecule has 1 aliphatic rings. The van der Waals surface area contributed by atoms with Gasteiger partial charge in [-0.15, -0.1) is 11.3 Å². The summed E-state index contributed by atoms with van der Waals surface area (Å²) in [7, 11) is 0. The van der Waals surface area contributed by atoms with Gasteiger partial charge in [-0.2, -0.15) is 0 Å². The van der Waals surface area contributed by atoms with E-state index in [0.717, 1.165) is 29.4 Å². The summed E-state index contributed by atoms with van der Waals surface area (Å²) in [5.41, 5.74) is 1.03. The summed E-state index contributed by atoms with van der Waals surface area (Å²) in [5, 5.41) is 3.94. The predicted octanol–water partition coefficient (Wildman–Crippen LogP) is 4.36. The van der Waals surface area contributed by atoms with E-state index in [1.807, 2.05) is 42.5 Å². The number of furan rings is 1. The lowest BCUT2D eigenvalue weighted by Gasteiger charge is -2.33. The summed E-state index contributed by atoms with van der Waals surface area (Å²) < 4.78 is 5.65. The Labute approximate surface area is 163 Å². The topological polar surface area (TPSA) is 58.4 Å². The van der Waals surface area contributed by atoms with Gasteiger partial charge in [0.2, 0.25) is 0 Å². The Morgan fingerprint density at radius 3 is 2.70 bits per heavy atom. The molecule has 140 valence electrons. The number of carbonyl (C=O) groups is 1. The molecule has 1 aliphatic heterocycles. The number of likely N-dealkylation sites (tertiary alicyclic amines) is 1. The molecule has 27 heavy (non-hydrogen) atoms. The first kappa shape index (κ1) is 17.9. The fourth-order valence-electron chi connectivity index (χ4n) is 3.49.